The molecule has 1 saturated carbocycles. The van der Waals surface area contributed by atoms with Gasteiger partial charge in [-0.1, -0.05) is 29.8 Å². The molecular formula is C16H24N2. The summed E-state index contributed by atoms with van der Waals surface area (Å²) < 4.78 is 0. The Balaban J connectivity index is 1.46. The van der Waals surface area contributed by atoms with Crippen LogP contribution in [0, 0.1) is 12.8 Å². The van der Waals surface area contributed by atoms with Gasteiger partial charge in [-0.3, -0.25) is 4.90 Å². The maximum atomic E-state index is 3.67. The smallest absolute Gasteiger partial charge is 0.0233 e. The number of rotatable bonds is 5. The van der Waals surface area contributed by atoms with Crippen LogP contribution in [0.2, 0.25) is 0 Å². The van der Waals surface area contributed by atoms with Gasteiger partial charge in [-0.05, 0) is 50.8 Å². The molecule has 3 rings (SSSR count). The topological polar surface area (TPSA) is 15.3 Å². The first kappa shape index (κ1) is 12.2. The molecule has 1 aromatic carbocycles. The predicted octanol–water partition coefficient (Wildman–Crippen LogP) is 2.57. The normalized spacial score (nSPS) is 24.6. The van der Waals surface area contributed by atoms with Gasteiger partial charge in [0.1, 0.15) is 0 Å². The minimum atomic E-state index is 0.857. The van der Waals surface area contributed by atoms with Gasteiger partial charge in [-0.15, -0.1) is 0 Å². The van der Waals surface area contributed by atoms with E-state index < -0.39 is 0 Å². The average Bonchev–Trinajstić information content (AvgIpc) is 3.08. The van der Waals surface area contributed by atoms with Crippen molar-refractivity contribution in [1.82, 2.24) is 10.2 Å². The highest BCUT2D eigenvalue weighted by molar-refractivity contribution is 5.22. The Bertz CT molecular complexity index is 398. The fraction of sp³-hybridized carbons (Fsp3) is 0.625. The van der Waals surface area contributed by atoms with Crippen LogP contribution < -0.4 is 5.32 Å². The van der Waals surface area contributed by atoms with Crippen molar-refractivity contribution in [1.29, 1.82) is 0 Å². The molecule has 2 nitrogen and oxygen atoms in total. The van der Waals surface area contributed by atoms with Gasteiger partial charge in [0.25, 0.3) is 0 Å². The lowest BCUT2D eigenvalue weighted by Crippen LogP contribution is -2.27. The van der Waals surface area contributed by atoms with E-state index >= 15 is 0 Å². The third-order valence-electron chi connectivity index (χ3n) is 4.13. The number of nitrogens with one attached hydrogen (secondary N) is 1. The van der Waals surface area contributed by atoms with Crippen LogP contribution in [0.4, 0.5) is 0 Å². The van der Waals surface area contributed by atoms with E-state index in [0.717, 1.165) is 18.5 Å². The van der Waals surface area contributed by atoms with E-state index in [-0.39, 0.29) is 0 Å². The first-order valence-corrected chi connectivity index (χ1v) is 7.31. The summed E-state index contributed by atoms with van der Waals surface area (Å²) in [6.07, 6.45) is 4.17. The number of benzene rings is 1. The highest BCUT2D eigenvalue weighted by Gasteiger charge is 2.26. The minimum Gasteiger partial charge on any atom is -0.314 e. The molecule has 0 spiro atoms. The largest absolute Gasteiger partial charge is 0.314 e. The van der Waals surface area contributed by atoms with Crippen molar-refractivity contribution in [2.45, 2.75) is 38.8 Å². The molecule has 1 atom stereocenters. The van der Waals surface area contributed by atoms with Gasteiger partial charge in [-0.25, -0.2) is 0 Å². The quantitative estimate of drug-likeness (QED) is 0.856. The molecule has 2 aliphatic rings. The summed E-state index contributed by atoms with van der Waals surface area (Å²) >= 11 is 0. The van der Waals surface area contributed by atoms with Gasteiger partial charge in [0.15, 0.2) is 0 Å². The second-order valence-electron chi connectivity index (χ2n) is 6.06. The third-order valence-corrected chi connectivity index (χ3v) is 4.13. The summed E-state index contributed by atoms with van der Waals surface area (Å²) in [5.41, 5.74) is 2.84. The van der Waals surface area contributed by atoms with E-state index in [4.69, 9.17) is 0 Å². The predicted molar refractivity (Wildman–Crippen MR) is 75.6 cm³/mol. The van der Waals surface area contributed by atoms with E-state index in [2.05, 4.69) is 41.4 Å². The molecule has 1 heterocycles. The molecule has 1 N–H and O–H groups in total. The van der Waals surface area contributed by atoms with E-state index in [0.29, 0.717) is 0 Å². The summed E-state index contributed by atoms with van der Waals surface area (Å²) in [5.74, 6) is 0.871. The van der Waals surface area contributed by atoms with Crippen molar-refractivity contribution in [2.75, 3.05) is 19.6 Å². The number of hydrogen-bond donors (Lipinski definition) is 1. The third kappa shape index (κ3) is 3.33. The Morgan fingerprint density at radius 2 is 2.17 bits per heavy atom. The van der Waals surface area contributed by atoms with E-state index in [1.54, 1.807) is 0 Å². The van der Waals surface area contributed by atoms with Crippen molar-refractivity contribution in [3.63, 3.8) is 0 Å². The van der Waals surface area contributed by atoms with Crippen LogP contribution >= 0.6 is 0 Å². The zero-order valence-electron chi connectivity index (χ0n) is 11.4. The van der Waals surface area contributed by atoms with Gasteiger partial charge in [0.2, 0.25) is 0 Å². The molecule has 1 aromatic rings. The number of nitrogens with zero attached hydrogens (tertiary/aromatic N) is 1. The molecule has 98 valence electrons. The molecule has 2 fully saturated rings. The number of likely N-dealkylation sites (tertiary alicyclic amines) is 1. The van der Waals surface area contributed by atoms with Crippen molar-refractivity contribution < 1.29 is 0 Å². The lowest BCUT2D eigenvalue weighted by atomic mass is 10.1. The van der Waals surface area contributed by atoms with Crippen LogP contribution in [0.25, 0.3) is 0 Å². The molecule has 0 aromatic heterocycles. The fourth-order valence-electron chi connectivity index (χ4n) is 2.91. The van der Waals surface area contributed by atoms with E-state index in [9.17, 15) is 0 Å². The molecule has 1 aliphatic carbocycles. The zero-order valence-corrected chi connectivity index (χ0v) is 11.4. The lowest BCUT2D eigenvalue weighted by Gasteiger charge is -2.16. The maximum Gasteiger partial charge on any atom is 0.0233 e. The first-order chi connectivity index (χ1) is 8.79. The molecule has 0 radical (unpaired) electrons. The highest BCUT2D eigenvalue weighted by Crippen LogP contribution is 2.22. The highest BCUT2D eigenvalue weighted by atomic mass is 15.1. The average molecular weight is 244 g/mol. The van der Waals surface area contributed by atoms with Gasteiger partial charge >= 0.3 is 0 Å². The first-order valence-electron chi connectivity index (χ1n) is 7.31. The molecule has 18 heavy (non-hydrogen) atoms. The molecule has 0 bridgehead atoms. The Morgan fingerprint density at radius 3 is 2.94 bits per heavy atom. The molecule has 1 aliphatic heterocycles. The van der Waals surface area contributed by atoms with Crippen LogP contribution in [0.5, 0.6) is 0 Å². The lowest BCUT2D eigenvalue weighted by molar-refractivity contribution is 0.314. The molecule has 0 amide bonds. The zero-order chi connectivity index (χ0) is 12.4. The fourth-order valence-corrected chi connectivity index (χ4v) is 2.91. The summed E-state index contributed by atoms with van der Waals surface area (Å²) in [6.45, 7) is 7.07. The Labute approximate surface area is 110 Å². The van der Waals surface area contributed by atoms with Gasteiger partial charge in [-0.2, -0.15) is 0 Å². The number of aryl methyl sites for hydroxylation is 1. The van der Waals surface area contributed by atoms with Gasteiger partial charge in [0.05, 0.1) is 0 Å². The van der Waals surface area contributed by atoms with Crippen LogP contribution in [0.1, 0.15) is 30.4 Å². The van der Waals surface area contributed by atoms with E-state index in [1.165, 1.54) is 50.0 Å². The van der Waals surface area contributed by atoms with Gasteiger partial charge in [0, 0.05) is 19.1 Å². The summed E-state index contributed by atoms with van der Waals surface area (Å²) in [6, 6.07) is 9.78. The Morgan fingerprint density at radius 1 is 1.28 bits per heavy atom. The minimum absolute atomic E-state index is 0.857. The molecule has 1 saturated heterocycles. The Kier molecular flexibility index (Phi) is 3.67. The monoisotopic (exact) mass is 244 g/mol. The van der Waals surface area contributed by atoms with Crippen LogP contribution in [-0.2, 0) is 6.54 Å². The maximum absolute atomic E-state index is 3.67. The van der Waals surface area contributed by atoms with E-state index in [1.807, 2.05) is 0 Å². The van der Waals surface area contributed by atoms with Crippen molar-refractivity contribution >= 4 is 0 Å². The van der Waals surface area contributed by atoms with Crippen LogP contribution in [0.15, 0.2) is 24.3 Å². The summed E-state index contributed by atoms with van der Waals surface area (Å²) in [7, 11) is 0. The molecular weight excluding hydrogens is 220 g/mol. The second kappa shape index (κ2) is 5.41. The summed E-state index contributed by atoms with van der Waals surface area (Å²) in [5, 5.41) is 3.67. The van der Waals surface area contributed by atoms with Crippen molar-refractivity contribution in [3.8, 4) is 0 Å². The molecule has 2 heteroatoms. The standard InChI is InChI=1S/C16H24N2/c1-13-3-2-4-14(9-13)11-18-8-7-15(12-18)10-17-16-5-6-16/h2-4,9,15-17H,5-8,10-12H2,1H3. The van der Waals surface area contributed by atoms with Crippen molar-refractivity contribution in [2.24, 2.45) is 5.92 Å². The molecule has 1 unspecified atom stereocenters. The SMILES string of the molecule is Cc1cccc(CN2CCC(CNC3CC3)C2)c1. The summed E-state index contributed by atoms with van der Waals surface area (Å²) in [4.78, 5) is 2.61. The van der Waals surface area contributed by atoms with Crippen LogP contribution in [0.3, 0.4) is 0 Å². The van der Waals surface area contributed by atoms with Crippen LogP contribution in [-0.4, -0.2) is 30.6 Å². The van der Waals surface area contributed by atoms with Gasteiger partial charge < -0.3 is 5.32 Å². The number of hydrogen-bond acceptors (Lipinski definition) is 2. The second-order valence-corrected chi connectivity index (χ2v) is 6.06. The Hall–Kier alpha value is -0.860. The van der Waals surface area contributed by atoms with Crippen molar-refractivity contribution in [3.05, 3.63) is 35.4 Å².